The van der Waals surface area contributed by atoms with Gasteiger partial charge in [-0.2, -0.15) is 0 Å². The van der Waals surface area contributed by atoms with Gasteiger partial charge in [0.1, 0.15) is 0 Å². The minimum atomic E-state index is -1.16. The molecular weight excluding hydrogens is 284 g/mol. The van der Waals surface area contributed by atoms with Crippen LogP contribution >= 0.6 is 0 Å². The van der Waals surface area contributed by atoms with Crippen LogP contribution in [-0.2, 0) is 21.7 Å². The zero-order chi connectivity index (χ0) is 14.4. The summed E-state index contributed by atoms with van der Waals surface area (Å²) >= 11 is -1.16. The van der Waals surface area contributed by atoms with E-state index in [9.17, 15) is 9.35 Å². The number of hydrogen-bond donors (Lipinski definition) is 0. The van der Waals surface area contributed by atoms with Crippen molar-refractivity contribution >= 4 is 17.5 Å². The molecule has 4 bridgehead atoms. The van der Waals surface area contributed by atoms with Crippen molar-refractivity contribution in [1.82, 2.24) is 0 Å². The van der Waals surface area contributed by atoms with Crippen LogP contribution in [0.3, 0.4) is 0 Å². The molecule has 4 saturated carbocycles. The summed E-state index contributed by atoms with van der Waals surface area (Å²) in [6.07, 6.45) is 9.98. The highest BCUT2D eigenvalue weighted by atomic mass is 32.2. The summed E-state index contributed by atoms with van der Waals surface area (Å²) in [5, 5.41) is -0.309. The summed E-state index contributed by atoms with van der Waals surface area (Å²) in [6, 6.07) is 3.66. The Morgan fingerprint density at radius 1 is 1.29 bits per heavy atom. The van der Waals surface area contributed by atoms with E-state index < -0.39 is 11.2 Å². The second kappa shape index (κ2) is 5.17. The molecule has 0 spiro atoms. The van der Waals surface area contributed by atoms with Gasteiger partial charge in [0.15, 0.2) is 23.0 Å². The van der Waals surface area contributed by atoms with Crippen molar-refractivity contribution in [3.8, 4) is 0 Å². The standard InChI is InChI=1S/C17H22O3S/c18-10-16(21(19)11-15-2-1-3-20-15)17-7-12-4-13(8-17)6-14(5-12)9-17/h1-3,10,12-14,16H,4-9,11H2. The first-order chi connectivity index (χ1) is 10.2. The van der Waals surface area contributed by atoms with E-state index >= 15 is 0 Å². The predicted octanol–water partition coefficient (Wildman–Crippen LogP) is 3.31. The number of furan rings is 1. The van der Waals surface area contributed by atoms with Gasteiger partial charge >= 0.3 is 0 Å². The van der Waals surface area contributed by atoms with E-state index in [1.54, 1.807) is 6.26 Å². The molecule has 0 N–H and O–H groups in total. The van der Waals surface area contributed by atoms with E-state index in [4.69, 9.17) is 4.42 Å². The molecule has 0 aromatic carbocycles. The van der Waals surface area contributed by atoms with Gasteiger partial charge in [-0.3, -0.25) is 4.79 Å². The maximum atomic E-state index is 12.8. The fraction of sp³-hybridized carbons (Fsp3) is 0.706. The predicted molar refractivity (Wildman–Crippen MR) is 81.0 cm³/mol. The molecular formula is C17H22O3S. The van der Waals surface area contributed by atoms with E-state index in [1.807, 2.05) is 12.1 Å². The summed E-state index contributed by atoms with van der Waals surface area (Å²) in [4.78, 5) is 11.8. The van der Waals surface area contributed by atoms with Gasteiger partial charge in [0.25, 0.3) is 0 Å². The Kier molecular flexibility index (Phi) is 3.42. The molecule has 5 rings (SSSR count). The van der Waals surface area contributed by atoms with E-state index in [1.165, 1.54) is 19.3 Å². The van der Waals surface area contributed by atoms with Gasteiger partial charge in [-0.1, -0.05) is 0 Å². The first-order valence-corrected chi connectivity index (χ1v) is 9.41. The van der Waals surface area contributed by atoms with Crippen LogP contribution in [0.15, 0.2) is 22.8 Å². The maximum Gasteiger partial charge on any atom is 0.176 e. The first kappa shape index (κ1) is 13.9. The average Bonchev–Trinajstić information content (AvgIpc) is 2.90. The Morgan fingerprint density at radius 2 is 1.90 bits per heavy atom. The van der Waals surface area contributed by atoms with E-state index in [0.29, 0.717) is 5.75 Å². The Balaban J connectivity index is 1.56. The van der Waals surface area contributed by atoms with Gasteiger partial charge in [0.2, 0.25) is 0 Å². The number of aldehydes is 1. The fourth-order valence-corrected chi connectivity index (χ4v) is 7.23. The average molecular weight is 306 g/mol. The van der Waals surface area contributed by atoms with Gasteiger partial charge in [-0.15, -0.1) is 0 Å². The first-order valence-electron chi connectivity index (χ1n) is 8.03. The summed E-state index contributed by atoms with van der Waals surface area (Å²) in [5.41, 5.74) is 0.0218. The SMILES string of the molecule is O=CC([S+]([O-])Cc1ccco1)C12CC3CC(CC(C3)C1)C2. The molecule has 0 radical (unpaired) electrons. The van der Waals surface area contributed by atoms with Gasteiger partial charge in [-0.05, 0) is 79.6 Å². The molecule has 4 fully saturated rings. The molecule has 3 nitrogen and oxygen atoms in total. The van der Waals surface area contributed by atoms with Crippen LogP contribution in [0.25, 0.3) is 0 Å². The topological polar surface area (TPSA) is 53.3 Å². The minimum absolute atomic E-state index is 0.0218. The van der Waals surface area contributed by atoms with Crippen molar-refractivity contribution in [1.29, 1.82) is 0 Å². The summed E-state index contributed by atoms with van der Waals surface area (Å²) in [5.74, 6) is 3.43. The van der Waals surface area contributed by atoms with Crippen molar-refractivity contribution in [2.24, 2.45) is 23.2 Å². The number of carbonyl (C=O) groups is 1. The minimum Gasteiger partial charge on any atom is -0.615 e. The molecule has 0 aliphatic heterocycles. The highest BCUT2D eigenvalue weighted by molar-refractivity contribution is 7.91. The monoisotopic (exact) mass is 306 g/mol. The molecule has 1 aromatic heterocycles. The molecule has 4 aliphatic carbocycles. The highest BCUT2D eigenvalue weighted by Crippen LogP contribution is 2.62. The van der Waals surface area contributed by atoms with Crippen molar-refractivity contribution in [3.05, 3.63) is 24.2 Å². The second-order valence-electron chi connectivity index (χ2n) is 7.44. The van der Waals surface area contributed by atoms with Gasteiger partial charge in [0.05, 0.1) is 6.26 Å². The Hall–Kier alpha value is -0.740. The molecule has 114 valence electrons. The van der Waals surface area contributed by atoms with Crippen LogP contribution in [-0.4, -0.2) is 16.1 Å². The van der Waals surface area contributed by atoms with Crippen LogP contribution in [0.4, 0.5) is 0 Å². The molecule has 21 heavy (non-hydrogen) atoms. The normalized spacial score (nSPS) is 40.1. The molecule has 1 heterocycles. The third kappa shape index (κ3) is 2.36. The number of carbonyl (C=O) groups excluding carboxylic acids is 1. The van der Waals surface area contributed by atoms with Crippen molar-refractivity contribution in [2.75, 3.05) is 0 Å². The summed E-state index contributed by atoms with van der Waals surface area (Å²) < 4.78 is 18.1. The third-order valence-electron chi connectivity index (χ3n) is 5.96. The van der Waals surface area contributed by atoms with E-state index in [-0.39, 0.29) is 10.7 Å². The van der Waals surface area contributed by atoms with Crippen LogP contribution in [0.5, 0.6) is 0 Å². The molecule has 4 heteroatoms. The lowest BCUT2D eigenvalue weighted by atomic mass is 9.49. The van der Waals surface area contributed by atoms with Crippen LogP contribution in [0.2, 0.25) is 0 Å². The Bertz CT molecular complexity index is 475. The zero-order valence-corrected chi connectivity index (χ0v) is 13.0. The molecule has 0 saturated heterocycles. The van der Waals surface area contributed by atoms with E-state index in [2.05, 4.69) is 0 Å². The Morgan fingerprint density at radius 3 is 2.38 bits per heavy atom. The maximum absolute atomic E-state index is 12.8. The zero-order valence-electron chi connectivity index (χ0n) is 12.2. The van der Waals surface area contributed by atoms with Gasteiger partial charge < -0.3 is 8.97 Å². The lowest BCUT2D eigenvalue weighted by Crippen LogP contribution is -2.54. The summed E-state index contributed by atoms with van der Waals surface area (Å²) in [7, 11) is 0. The lowest BCUT2D eigenvalue weighted by Gasteiger charge is -2.57. The second-order valence-corrected chi connectivity index (χ2v) is 9.00. The fourth-order valence-electron chi connectivity index (χ4n) is 5.64. The van der Waals surface area contributed by atoms with Crippen molar-refractivity contribution in [2.45, 2.75) is 49.5 Å². The third-order valence-corrected chi connectivity index (χ3v) is 7.71. The van der Waals surface area contributed by atoms with Crippen LogP contribution in [0.1, 0.15) is 44.3 Å². The smallest absolute Gasteiger partial charge is 0.176 e. The highest BCUT2D eigenvalue weighted by Gasteiger charge is 2.57. The molecule has 1 aromatic rings. The lowest BCUT2D eigenvalue weighted by molar-refractivity contribution is -0.115. The number of hydrogen-bond acceptors (Lipinski definition) is 3. The van der Waals surface area contributed by atoms with Gasteiger partial charge in [-0.25, -0.2) is 0 Å². The molecule has 4 aliphatic rings. The molecule has 2 atom stereocenters. The number of rotatable bonds is 5. The Labute approximate surface area is 128 Å². The molecule has 0 amide bonds. The van der Waals surface area contributed by atoms with E-state index in [0.717, 1.165) is 49.1 Å². The summed E-state index contributed by atoms with van der Waals surface area (Å²) in [6.45, 7) is 0. The quantitative estimate of drug-likeness (QED) is 0.619. The van der Waals surface area contributed by atoms with Crippen LogP contribution < -0.4 is 0 Å². The van der Waals surface area contributed by atoms with Gasteiger partial charge in [0, 0.05) is 5.41 Å². The van der Waals surface area contributed by atoms with Crippen LogP contribution in [0, 0.1) is 23.2 Å². The van der Waals surface area contributed by atoms with Crippen molar-refractivity contribution in [3.63, 3.8) is 0 Å². The van der Waals surface area contributed by atoms with Crippen molar-refractivity contribution < 1.29 is 13.8 Å². The largest absolute Gasteiger partial charge is 0.615 e. The molecule has 2 unspecified atom stereocenters.